The lowest BCUT2D eigenvalue weighted by Gasteiger charge is -2.41. The van der Waals surface area contributed by atoms with Crippen molar-refractivity contribution < 1.29 is 9.53 Å². The van der Waals surface area contributed by atoms with E-state index in [0.29, 0.717) is 12.3 Å². The number of hydrogen-bond acceptors (Lipinski definition) is 2. The molecule has 0 radical (unpaired) electrons. The van der Waals surface area contributed by atoms with Gasteiger partial charge in [0.1, 0.15) is 6.10 Å². The van der Waals surface area contributed by atoms with E-state index >= 15 is 0 Å². The van der Waals surface area contributed by atoms with E-state index in [4.69, 9.17) is 4.74 Å². The molecule has 0 bridgehead atoms. The fourth-order valence-electron chi connectivity index (χ4n) is 4.93. The molecule has 1 atom stereocenters. The van der Waals surface area contributed by atoms with Gasteiger partial charge in [0.25, 0.3) is 0 Å². The van der Waals surface area contributed by atoms with Crippen molar-refractivity contribution in [2.45, 2.75) is 83.7 Å². The standard InChI is InChI=1S/C18H30O2/c1-2-3-13-4-6-14(7-5-13)15-8-10-16(11-9-15)17-12-18(19)20-17/h13-17H,2-12H2,1H3/t13-,14-,15-,16-,17?. The Hall–Kier alpha value is -0.530. The van der Waals surface area contributed by atoms with Gasteiger partial charge >= 0.3 is 5.97 Å². The first-order chi connectivity index (χ1) is 9.76. The van der Waals surface area contributed by atoms with Gasteiger partial charge in [-0.15, -0.1) is 0 Å². The highest BCUT2D eigenvalue weighted by atomic mass is 16.6. The number of carbonyl (C=O) groups is 1. The van der Waals surface area contributed by atoms with Crippen LogP contribution in [-0.2, 0) is 9.53 Å². The van der Waals surface area contributed by atoms with E-state index in [9.17, 15) is 4.79 Å². The fourth-order valence-corrected chi connectivity index (χ4v) is 4.93. The normalized spacial score (nSPS) is 41.9. The lowest BCUT2D eigenvalue weighted by Crippen LogP contribution is -2.41. The Bertz CT molecular complexity index is 314. The van der Waals surface area contributed by atoms with Crippen molar-refractivity contribution in [3.05, 3.63) is 0 Å². The molecule has 2 nitrogen and oxygen atoms in total. The van der Waals surface area contributed by atoms with Crippen LogP contribution in [0.4, 0.5) is 0 Å². The van der Waals surface area contributed by atoms with E-state index < -0.39 is 0 Å². The molecule has 114 valence electrons. The second-order valence-corrected chi connectivity index (χ2v) is 7.48. The largest absolute Gasteiger partial charge is 0.461 e. The van der Waals surface area contributed by atoms with Crippen LogP contribution in [0.2, 0.25) is 0 Å². The SMILES string of the molecule is CCC[C@H]1CC[C@H]([C@H]2CC[C@H](C3CC(=O)O3)CC2)CC1. The average Bonchev–Trinajstić information content (AvgIpc) is 2.46. The second-order valence-electron chi connectivity index (χ2n) is 7.48. The Kier molecular flexibility index (Phi) is 4.68. The molecular formula is C18H30O2. The van der Waals surface area contributed by atoms with Crippen LogP contribution in [-0.4, -0.2) is 12.1 Å². The molecule has 0 aromatic heterocycles. The molecule has 3 fully saturated rings. The van der Waals surface area contributed by atoms with Crippen molar-refractivity contribution in [1.82, 2.24) is 0 Å². The van der Waals surface area contributed by atoms with Crippen LogP contribution in [0.1, 0.15) is 77.6 Å². The minimum Gasteiger partial charge on any atom is -0.461 e. The number of cyclic esters (lactones) is 1. The first-order valence-corrected chi connectivity index (χ1v) is 8.95. The summed E-state index contributed by atoms with van der Waals surface area (Å²) < 4.78 is 5.26. The molecule has 2 saturated carbocycles. The molecule has 2 heteroatoms. The summed E-state index contributed by atoms with van der Waals surface area (Å²) in [5.41, 5.74) is 0. The molecule has 3 rings (SSSR count). The number of carbonyl (C=O) groups excluding carboxylic acids is 1. The van der Waals surface area contributed by atoms with Gasteiger partial charge in [-0.25, -0.2) is 0 Å². The third-order valence-corrected chi connectivity index (χ3v) is 6.25. The smallest absolute Gasteiger partial charge is 0.309 e. The predicted octanol–water partition coefficient (Wildman–Crippen LogP) is 4.71. The van der Waals surface area contributed by atoms with Gasteiger partial charge in [-0.2, -0.15) is 0 Å². The van der Waals surface area contributed by atoms with Crippen LogP contribution in [0.3, 0.4) is 0 Å². The summed E-state index contributed by atoms with van der Waals surface area (Å²) in [4.78, 5) is 10.9. The van der Waals surface area contributed by atoms with Crippen LogP contribution >= 0.6 is 0 Å². The zero-order valence-corrected chi connectivity index (χ0v) is 13.0. The second kappa shape index (κ2) is 6.49. The molecule has 0 aromatic rings. The average molecular weight is 278 g/mol. The van der Waals surface area contributed by atoms with Gasteiger partial charge < -0.3 is 4.74 Å². The highest BCUT2D eigenvalue weighted by Crippen LogP contribution is 2.44. The Morgan fingerprint density at radius 1 is 0.900 bits per heavy atom. The highest BCUT2D eigenvalue weighted by molar-refractivity contribution is 5.75. The number of ether oxygens (including phenoxy) is 1. The van der Waals surface area contributed by atoms with Gasteiger partial charge in [0.2, 0.25) is 0 Å². The maximum atomic E-state index is 10.9. The fraction of sp³-hybridized carbons (Fsp3) is 0.944. The zero-order valence-electron chi connectivity index (χ0n) is 13.0. The molecule has 0 N–H and O–H groups in total. The van der Waals surface area contributed by atoms with Crippen molar-refractivity contribution in [2.75, 3.05) is 0 Å². The van der Waals surface area contributed by atoms with Crippen LogP contribution in [0.15, 0.2) is 0 Å². The van der Waals surface area contributed by atoms with E-state index in [1.165, 1.54) is 64.2 Å². The van der Waals surface area contributed by atoms with Gasteiger partial charge in [-0.1, -0.05) is 32.6 Å². The molecule has 1 unspecified atom stereocenters. The summed E-state index contributed by atoms with van der Waals surface area (Å²) in [6, 6.07) is 0. The predicted molar refractivity (Wildman–Crippen MR) is 80.3 cm³/mol. The lowest BCUT2D eigenvalue weighted by molar-refractivity contribution is -0.176. The zero-order chi connectivity index (χ0) is 13.9. The molecule has 0 aromatic carbocycles. The van der Waals surface area contributed by atoms with Crippen molar-refractivity contribution >= 4 is 5.97 Å². The van der Waals surface area contributed by atoms with Crippen LogP contribution in [0.25, 0.3) is 0 Å². The minimum atomic E-state index is 0.0198. The third-order valence-electron chi connectivity index (χ3n) is 6.25. The van der Waals surface area contributed by atoms with Gasteiger partial charge in [-0.3, -0.25) is 4.79 Å². The molecule has 20 heavy (non-hydrogen) atoms. The Morgan fingerprint density at radius 3 is 1.90 bits per heavy atom. The maximum absolute atomic E-state index is 10.9. The summed E-state index contributed by atoms with van der Waals surface area (Å²) in [5.74, 6) is 3.71. The van der Waals surface area contributed by atoms with Crippen molar-refractivity contribution in [3.8, 4) is 0 Å². The van der Waals surface area contributed by atoms with Gasteiger partial charge in [0.05, 0.1) is 6.42 Å². The molecule has 1 heterocycles. The molecule has 2 aliphatic carbocycles. The van der Waals surface area contributed by atoms with E-state index in [-0.39, 0.29) is 12.1 Å². The maximum Gasteiger partial charge on any atom is 0.309 e. The van der Waals surface area contributed by atoms with E-state index in [1.807, 2.05) is 0 Å². The van der Waals surface area contributed by atoms with E-state index in [1.54, 1.807) is 0 Å². The Balaban J connectivity index is 1.39. The van der Waals surface area contributed by atoms with Crippen molar-refractivity contribution in [1.29, 1.82) is 0 Å². The number of hydrogen-bond donors (Lipinski definition) is 0. The topological polar surface area (TPSA) is 26.3 Å². The monoisotopic (exact) mass is 278 g/mol. The quantitative estimate of drug-likeness (QED) is 0.696. The molecule has 0 amide bonds. The minimum absolute atomic E-state index is 0.0198. The van der Waals surface area contributed by atoms with Crippen molar-refractivity contribution in [2.24, 2.45) is 23.7 Å². The number of esters is 1. The van der Waals surface area contributed by atoms with Gasteiger partial charge in [0, 0.05) is 0 Å². The first kappa shape index (κ1) is 14.4. The molecule has 1 aliphatic heterocycles. The summed E-state index contributed by atoms with van der Waals surface area (Å²) >= 11 is 0. The third kappa shape index (κ3) is 3.20. The van der Waals surface area contributed by atoms with E-state index in [2.05, 4.69) is 6.92 Å². The summed E-state index contributed by atoms with van der Waals surface area (Å²) in [7, 11) is 0. The van der Waals surface area contributed by atoms with Gasteiger partial charge in [-0.05, 0) is 62.2 Å². The molecule has 1 saturated heterocycles. The van der Waals surface area contributed by atoms with Gasteiger partial charge in [0.15, 0.2) is 0 Å². The van der Waals surface area contributed by atoms with Crippen molar-refractivity contribution in [3.63, 3.8) is 0 Å². The van der Waals surface area contributed by atoms with E-state index in [0.717, 1.165) is 17.8 Å². The Labute approximate surface area is 123 Å². The molecule has 0 spiro atoms. The Morgan fingerprint density at radius 2 is 1.40 bits per heavy atom. The number of rotatable bonds is 4. The lowest BCUT2D eigenvalue weighted by atomic mass is 9.67. The first-order valence-electron chi connectivity index (χ1n) is 8.95. The van der Waals surface area contributed by atoms with Crippen LogP contribution in [0.5, 0.6) is 0 Å². The summed E-state index contributed by atoms with van der Waals surface area (Å²) in [5, 5.41) is 0. The molecular weight excluding hydrogens is 248 g/mol. The van der Waals surface area contributed by atoms with Crippen LogP contribution in [0, 0.1) is 23.7 Å². The van der Waals surface area contributed by atoms with Crippen LogP contribution < -0.4 is 0 Å². The molecule has 3 aliphatic rings. The summed E-state index contributed by atoms with van der Waals surface area (Å²) in [6.07, 6.45) is 15.1. The summed E-state index contributed by atoms with van der Waals surface area (Å²) in [6.45, 7) is 2.32. The highest BCUT2D eigenvalue weighted by Gasteiger charge is 2.39.